The number of rotatable bonds is 4. The molecule has 1 N–H and O–H groups in total. The summed E-state index contributed by atoms with van der Waals surface area (Å²) in [4.78, 5) is 4.05. The van der Waals surface area contributed by atoms with E-state index >= 15 is 0 Å². The molecule has 0 amide bonds. The van der Waals surface area contributed by atoms with Crippen molar-refractivity contribution in [3.05, 3.63) is 53.3 Å². The minimum atomic E-state index is 0.453. The van der Waals surface area contributed by atoms with Crippen molar-refractivity contribution in [2.75, 3.05) is 0 Å². The topological polar surface area (TPSA) is 24.9 Å². The van der Waals surface area contributed by atoms with Crippen LogP contribution in [0.5, 0.6) is 0 Å². The van der Waals surface area contributed by atoms with Crippen LogP contribution in [0.25, 0.3) is 11.1 Å². The Morgan fingerprint density at radius 2 is 1.89 bits per heavy atom. The summed E-state index contributed by atoms with van der Waals surface area (Å²) in [7, 11) is 0. The Hall–Kier alpha value is -1.38. The van der Waals surface area contributed by atoms with Gasteiger partial charge in [-0.1, -0.05) is 31.5 Å². The van der Waals surface area contributed by atoms with Crippen molar-refractivity contribution in [1.82, 2.24) is 10.3 Å². The van der Waals surface area contributed by atoms with Gasteiger partial charge in [0.1, 0.15) is 0 Å². The second kappa shape index (κ2) is 5.98. The van der Waals surface area contributed by atoms with Crippen LogP contribution in [-0.2, 0) is 6.54 Å². The van der Waals surface area contributed by atoms with Crippen LogP contribution >= 0.6 is 11.6 Å². The van der Waals surface area contributed by atoms with Crippen molar-refractivity contribution in [3.8, 4) is 11.1 Å². The standard InChI is InChI=1S/C15H17ClN2/c1-11(2)18-10-13-9-14(16)3-4-15(13)12-5-7-17-8-6-12/h3-9,11,18H,10H2,1-2H3. The lowest BCUT2D eigenvalue weighted by Crippen LogP contribution is -2.22. The van der Waals surface area contributed by atoms with E-state index in [1.165, 1.54) is 16.7 Å². The van der Waals surface area contributed by atoms with E-state index in [-0.39, 0.29) is 0 Å². The Labute approximate surface area is 113 Å². The molecule has 0 saturated heterocycles. The Morgan fingerprint density at radius 1 is 1.17 bits per heavy atom. The van der Waals surface area contributed by atoms with E-state index in [9.17, 15) is 0 Å². The highest BCUT2D eigenvalue weighted by Gasteiger charge is 2.06. The van der Waals surface area contributed by atoms with Crippen LogP contribution < -0.4 is 5.32 Å². The first-order valence-electron chi connectivity index (χ1n) is 6.09. The third-order valence-electron chi connectivity index (χ3n) is 2.76. The van der Waals surface area contributed by atoms with Gasteiger partial charge in [0.25, 0.3) is 0 Å². The Morgan fingerprint density at radius 3 is 2.56 bits per heavy atom. The molecule has 0 spiro atoms. The van der Waals surface area contributed by atoms with Gasteiger partial charge in [0.05, 0.1) is 0 Å². The number of aromatic nitrogens is 1. The predicted octanol–water partition coefficient (Wildman–Crippen LogP) is 3.90. The maximum Gasteiger partial charge on any atom is 0.0409 e. The highest BCUT2D eigenvalue weighted by atomic mass is 35.5. The van der Waals surface area contributed by atoms with Gasteiger partial charge in [-0.05, 0) is 41.0 Å². The fourth-order valence-corrected chi connectivity index (χ4v) is 2.03. The molecule has 0 saturated carbocycles. The van der Waals surface area contributed by atoms with Crippen LogP contribution in [0, 0.1) is 0 Å². The lowest BCUT2D eigenvalue weighted by atomic mass is 10.0. The van der Waals surface area contributed by atoms with E-state index in [0.717, 1.165) is 11.6 Å². The van der Waals surface area contributed by atoms with Crippen LogP contribution in [0.1, 0.15) is 19.4 Å². The molecule has 0 aliphatic rings. The summed E-state index contributed by atoms with van der Waals surface area (Å²) in [6.45, 7) is 5.09. The van der Waals surface area contributed by atoms with Crippen LogP contribution in [0.4, 0.5) is 0 Å². The maximum absolute atomic E-state index is 6.08. The zero-order valence-electron chi connectivity index (χ0n) is 10.7. The summed E-state index contributed by atoms with van der Waals surface area (Å²) in [5.41, 5.74) is 3.58. The smallest absolute Gasteiger partial charge is 0.0409 e. The number of nitrogens with zero attached hydrogens (tertiary/aromatic N) is 1. The zero-order chi connectivity index (χ0) is 13.0. The maximum atomic E-state index is 6.08. The number of pyridine rings is 1. The average Bonchev–Trinajstić information content (AvgIpc) is 2.37. The number of hydrogen-bond donors (Lipinski definition) is 1. The second-order valence-electron chi connectivity index (χ2n) is 4.57. The molecule has 1 aromatic heterocycles. The van der Waals surface area contributed by atoms with Gasteiger partial charge in [0.15, 0.2) is 0 Å². The van der Waals surface area contributed by atoms with Crippen molar-refractivity contribution >= 4 is 11.6 Å². The summed E-state index contributed by atoms with van der Waals surface area (Å²) in [5.74, 6) is 0. The number of hydrogen-bond acceptors (Lipinski definition) is 2. The highest BCUT2D eigenvalue weighted by Crippen LogP contribution is 2.26. The third kappa shape index (κ3) is 3.31. The Bertz CT molecular complexity index is 509. The summed E-state index contributed by atoms with van der Waals surface area (Å²) >= 11 is 6.08. The molecule has 18 heavy (non-hydrogen) atoms. The van der Waals surface area contributed by atoms with Gasteiger partial charge in [-0.25, -0.2) is 0 Å². The molecule has 94 valence electrons. The molecule has 1 heterocycles. The fraction of sp³-hybridized carbons (Fsp3) is 0.267. The van der Waals surface area contributed by atoms with Crippen LogP contribution in [0.2, 0.25) is 5.02 Å². The summed E-state index contributed by atoms with van der Waals surface area (Å²) in [6, 6.07) is 10.5. The van der Waals surface area contributed by atoms with Crippen LogP contribution in [0.15, 0.2) is 42.7 Å². The number of halogens is 1. The van der Waals surface area contributed by atoms with E-state index in [2.05, 4.69) is 30.2 Å². The van der Waals surface area contributed by atoms with Gasteiger partial charge >= 0.3 is 0 Å². The molecule has 0 aliphatic heterocycles. The Kier molecular flexibility index (Phi) is 4.34. The van der Waals surface area contributed by atoms with Crippen molar-refractivity contribution in [2.24, 2.45) is 0 Å². The summed E-state index contributed by atoms with van der Waals surface area (Å²) in [6.07, 6.45) is 3.62. The first kappa shape index (κ1) is 13.1. The molecule has 0 bridgehead atoms. The van der Waals surface area contributed by atoms with E-state index in [1.54, 1.807) is 0 Å². The van der Waals surface area contributed by atoms with Crippen molar-refractivity contribution in [3.63, 3.8) is 0 Å². The first-order chi connectivity index (χ1) is 8.66. The van der Waals surface area contributed by atoms with E-state index in [4.69, 9.17) is 11.6 Å². The highest BCUT2D eigenvalue weighted by molar-refractivity contribution is 6.30. The quantitative estimate of drug-likeness (QED) is 0.902. The van der Waals surface area contributed by atoms with Gasteiger partial charge in [0.2, 0.25) is 0 Å². The molecule has 0 atom stereocenters. The second-order valence-corrected chi connectivity index (χ2v) is 5.01. The van der Waals surface area contributed by atoms with Gasteiger partial charge in [-0.3, -0.25) is 4.98 Å². The van der Waals surface area contributed by atoms with Gasteiger partial charge in [0, 0.05) is 30.0 Å². The van der Waals surface area contributed by atoms with E-state index in [1.807, 2.05) is 36.7 Å². The number of benzene rings is 1. The normalized spacial score (nSPS) is 10.9. The predicted molar refractivity (Wildman–Crippen MR) is 76.7 cm³/mol. The fourth-order valence-electron chi connectivity index (χ4n) is 1.84. The molecule has 2 aromatic rings. The molecule has 0 unspecified atom stereocenters. The lowest BCUT2D eigenvalue weighted by Gasteiger charge is -2.13. The first-order valence-corrected chi connectivity index (χ1v) is 6.47. The molecule has 2 rings (SSSR count). The third-order valence-corrected chi connectivity index (χ3v) is 2.99. The summed E-state index contributed by atoms with van der Waals surface area (Å²) in [5, 5.41) is 4.20. The Balaban J connectivity index is 2.35. The molecule has 2 nitrogen and oxygen atoms in total. The molecular formula is C15H17ClN2. The largest absolute Gasteiger partial charge is 0.310 e. The number of nitrogens with one attached hydrogen (secondary N) is 1. The molecular weight excluding hydrogens is 244 g/mol. The minimum absolute atomic E-state index is 0.453. The van der Waals surface area contributed by atoms with E-state index < -0.39 is 0 Å². The van der Waals surface area contributed by atoms with Crippen molar-refractivity contribution in [1.29, 1.82) is 0 Å². The van der Waals surface area contributed by atoms with Gasteiger partial charge in [-0.15, -0.1) is 0 Å². The summed E-state index contributed by atoms with van der Waals surface area (Å²) < 4.78 is 0. The molecule has 3 heteroatoms. The average molecular weight is 261 g/mol. The molecule has 0 aliphatic carbocycles. The monoisotopic (exact) mass is 260 g/mol. The van der Waals surface area contributed by atoms with Crippen molar-refractivity contribution in [2.45, 2.75) is 26.4 Å². The van der Waals surface area contributed by atoms with Crippen LogP contribution in [-0.4, -0.2) is 11.0 Å². The molecule has 0 fully saturated rings. The van der Waals surface area contributed by atoms with Crippen LogP contribution in [0.3, 0.4) is 0 Å². The lowest BCUT2D eigenvalue weighted by molar-refractivity contribution is 0.589. The molecule has 0 radical (unpaired) electrons. The zero-order valence-corrected chi connectivity index (χ0v) is 11.4. The van der Waals surface area contributed by atoms with Gasteiger partial charge in [-0.2, -0.15) is 0 Å². The van der Waals surface area contributed by atoms with E-state index in [0.29, 0.717) is 6.04 Å². The van der Waals surface area contributed by atoms with Gasteiger partial charge < -0.3 is 5.32 Å². The minimum Gasteiger partial charge on any atom is -0.310 e. The van der Waals surface area contributed by atoms with Crippen molar-refractivity contribution < 1.29 is 0 Å². The SMILES string of the molecule is CC(C)NCc1cc(Cl)ccc1-c1ccncc1. The molecule has 1 aromatic carbocycles.